The zero-order chi connectivity index (χ0) is 16.2. The number of nitrogens with zero attached hydrogens (tertiary/aromatic N) is 2. The summed E-state index contributed by atoms with van der Waals surface area (Å²) < 4.78 is 0. The zero-order valence-electron chi connectivity index (χ0n) is 14.0. The Kier molecular flexibility index (Phi) is 4.98. The molecule has 1 aromatic heterocycles. The molecule has 3 rings (SSSR count). The van der Waals surface area contributed by atoms with Gasteiger partial charge in [0.2, 0.25) is 0 Å². The fraction of sp³-hybridized carbons (Fsp3) is 0.389. The maximum Gasteiger partial charge on any atom is 0.135 e. The second-order valence-electron chi connectivity index (χ2n) is 5.89. The molecule has 0 fully saturated rings. The third-order valence-electron chi connectivity index (χ3n) is 4.03. The highest BCUT2D eigenvalue weighted by Crippen LogP contribution is 2.30. The summed E-state index contributed by atoms with van der Waals surface area (Å²) in [5, 5.41) is 8.32. The molecule has 122 valence electrons. The van der Waals surface area contributed by atoms with E-state index in [1.54, 1.807) is 11.3 Å². The van der Waals surface area contributed by atoms with Gasteiger partial charge < -0.3 is 15.5 Å². The number of rotatable bonds is 4. The minimum Gasteiger partial charge on any atom is -0.367 e. The lowest BCUT2D eigenvalue weighted by Crippen LogP contribution is -2.30. The van der Waals surface area contributed by atoms with Crippen molar-refractivity contribution in [2.75, 3.05) is 32.0 Å². The standard InChI is InChI=1S/C18H24N4S/c1-4-22(3)10-9-19-17-16-11-13(2)23-18(16)21-15-8-6-5-7-14(12-15)20-17/h5-8,11-12,15,21H,4,9-10H2,1-3H3,(H,19,20). The van der Waals surface area contributed by atoms with E-state index < -0.39 is 0 Å². The lowest BCUT2D eigenvalue weighted by atomic mass is 10.1. The van der Waals surface area contributed by atoms with E-state index in [4.69, 9.17) is 4.99 Å². The van der Waals surface area contributed by atoms with E-state index in [9.17, 15) is 0 Å². The van der Waals surface area contributed by atoms with E-state index in [1.807, 2.05) is 0 Å². The molecule has 5 heteroatoms. The van der Waals surface area contributed by atoms with Gasteiger partial charge in [-0.05, 0) is 38.7 Å². The molecule has 0 amide bonds. The van der Waals surface area contributed by atoms with Crippen molar-refractivity contribution < 1.29 is 0 Å². The predicted molar refractivity (Wildman–Crippen MR) is 101 cm³/mol. The largest absolute Gasteiger partial charge is 0.367 e. The number of fused-ring (bicyclic) bond motifs is 2. The summed E-state index contributed by atoms with van der Waals surface area (Å²) in [5.41, 5.74) is 2.26. The van der Waals surface area contributed by atoms with Crippen LogP contribution in [0.2, 0.25) is 0 Å². The molecule has 4 nitrogen and oxygen atoms in total. The molecular weight excluding hydrogens is 304 g/mol. The van der Waals surface area contributed by atoms with Gasteiger partial charge in [0, 0.05) is 17.1 Å². The van der Waals surface area contributed by atoms with Crippen LogP contribution in [-0.4, -0.2) is 43.5 Å². The third-order valence-corrected chi connectivity index (χ3v) is 5.01. The van der Waals surface area contributed by atoms with Crippen LogP contribution in [0.1, 0.15) is 17.4 Å². The number of allylic oxidation sites excluding steroid dienone is 3. The fourth-order valence-electron chi connectivity index (χ4n) is 2.59. The first kappa shape index (κ1) is 16.0. The Morgan fingerprint density at radius 3 is 3.04 bits per heavy atom. The highest BCUT2D eigenvalue weighted by atomic mass is 32.1. The molecule has 1 aliphatic heterocycles. The third kappa shape index (κ3) is 3.92. The maximum absolute atomic E-state index is 4.84. The summed E-state index contributed by atoms with van der Waals surface area (Å²) in [4.78, 5) is 8.41. The molecule has 0 saturated carbocycles. The average molecular weight is 328 g/mol. The van der Waals surface area contributed by atoms with Crippen molar-refractivity contribution in [3.8, 4) is 0 Å². The van der Waals surface area contributed by atoms with Gasteiger partial charge in [-0.15, -0.1) is 11.3 Å². The molecule has 23 heavy (non-hydrogen) atoms. The zero-order valence-corrected chi connectivity index (χ0v) is 14.8. The van der Waals surface area contributed by atoms with Gasteiger partial charge in [-0.1, -0.05) is 25.2 Å². The van der Waals surface area contributed by atoms with Crippen molar-refractivity contribution in [2.45, 2.75) is 19.9 Å². The van der Waals surface area contributed by atoms with Crippen molar-refractivity contribution in [1.82, 2.24) is 10.2 Å². The fourth-order valence-corrected chi connectivity index (χ4v) is 3.55. The Morgan fingerprint density at radius 1 is 1.35 bits per heavy atom. The molecule has 2 heterocycles. The number of likely N-dealkylation sites (N-methyl/N-ethyl adjacent to an activating group) is 1. The monoisotopic (exact) mass is 328 g/mol. The van der Waals surface area contributed by atoms with Gasteiger partial charge in [0.15, 0.2) is 0 Å². The molecule has 0 spiro atoms. The van der Waals surface area contributed by atoms with Crippen LogP contribution in [0, 0.1) is 6.92 Å². The number of hydrogen-bond donors (Lipinski definition) is 2. The normalized spacial score (nSPS) is 21.1. The Bertz CT molecular complexity index is 681. The lowest BCUT2D eigenvalue weighted by Gasteiger charge is -2.20. The molecule has 0 aromatic carbocycles. The molecule has 0 radical (unpaired) electrons. The molecule has 2 N–H and O–H groups in total. The van der Waals surface area contributed by atoms with Gasteiger partial charge >= 0.3 is 0 Å². The summed E-state index contributed by atoms with van der Waals surface area (Å²) in [6, 6.07) is 2.42. The molecular formula is C18H24N4S. The smallest absolute Gasteiger partial charge is 0.135 e. The average Bonchev–Trinajstić information content (AvgIpc) is 2.73. The van der Waals surface area contributed by atoms with Crippen LogP contribution in [-0.2, 0) is 0 Å². The van der Waals surface area contributed by atoms with E-state index in [0.717, 1.165) is 31.2 Å². The molecule has 0 saturated heterocycles. The van der Waals surface area contributed by atoms with Crippen LogP contribution in [0.3, 0.4) is 0 Å². The Morgan fingerprint density at radius 2 is 2.22 bits per heavy atom. The van der Waals surface area contributed by atoms with Gasteiger partial charge in [-0.3, -0.25) is 4.99 Å². The minimum absolute atomic E-state index is 0.206. The number of nitrogens with one attached hydrogen (secondary N) is 2. The van der Waals surface area contributed by atoms with Crippen LogP contribution in [0.4, 0.5) is 5.00 Å². The summed E-state index contributed by atoms with van der Waals surface area (Å²) >= 11 is 1.79. The molecule has 1 aliphatic carbocycles. The van der Waals surface area contributed by atoms with Crippen molar-refractivity contribution in [3.63, 3.8) is 0 Å². The van der Waals surface area contributed by atoms with Crippen LogP contribution in [0.15, 0.2) is 47.1 Å². The van der Waals surface area contributed by atoms with E-state index in [0.29, 0.717) is 0 Å². The molecule has 1 unspecified atom stereocenters. The highest BCUT2D eigenvalue weighted by Gasteiger charge is 2.19. The van der Waals surface area contributed by atoms with Crippen LogP contribution in [0.25, 0.3) is 0 Å². The summed E-state index contributed by atoms with van der Waals surface area (Å²) in [5.74, 6) is 0.956. The van der Waals surface area contributed by atoms with Crippen molar-refractivity contribution in [2.24, 2.45) is 4.99 Å². The molecule has 2 bridgehead atoms. The second kappa shape index (κ2) is 7.15. The van der Waals surface area contributed by atoms with Crippen molar-refractivity contribution in [3.05, 3.63) is 52.6 Å². The van der Waals surface area contributed by atoms with Crippen LogP contribution >= 0.6 is 11.3 Å². The lowest BCUT2D eigenvalue weighted by molar-refractivity contribution is 0.363. The van der Waals surface area contributed by atoms with Crippen molar-refractivity contribution >= 4 is 22.2 Å². The van der Waals surface area contributed by atoms with Crippen molar-refractivity contribution in [1.29, 1.82) is 0 Å². The van der Waals surface area contributed by atoms with E-state index in [-0.39, 0.29) is 6.04 Å². The SMILES string of the molecule is CCN(C)CCN=C1NC2=CC(C=CC=C2)Nc2sc(C)cc21. The Labute approximate surface area is 142 Å². The number of aliphatic imine (C=N–C) groups is 1. The van der Waals surface area contributed by atoms with Crippen LogP contribution < -0.4 is 10.6 Å². The minimum atomic E-state index is 0.206. The second-order valence-corrected chi connectivity index (χ2v) is 7.14. The Hall–Kier alpha value is -1.85. The quantitative estimate of drug-likeness (QED) is 0.892. The van der Waals surface area contributed by atoms with Gasteiger partial charge in [-0.2, -0.15) is 0 Å². The van der Waals surface area contributed by atoms with Gasteiger partial charge in [0.1, 0.15) is 10.8 Å². The number of thiophene rings is 1. The number of aryl methyl sites for hydroxylation is 1. The molecule has 2 aliphatic rings. The Balaban J connectivity index is 1.90. The van der Waals surface area contributed by atoms with E-state index in [2.05, 4.69) is 72.9 Å². The maximum atomic E-state index is 4.84. The predicted octanol–water partition coefficient (Wildman–Crippen LogP) is 3.15. The first-order chi connectivity index (χ1) is 11.2. The number of amidine groups is 1. The number of hydrogen-bond acceptors (Lipinski definition) is 4. The van der Waals surface area contributed by atoms with Gasteiger partial charge in [-0.25, -0.2) is 0 Å². The summed E-state index contributed by atoms with van der Waals surface area (Å²) in [6.45, 7) is 7.11. The van der Waals surface area contributed by atoms with Gasteiger partial charge in [0.25, 0.3) is 0 Å². The summed E-state index contributed by atoms with van der Waals surface area (Å²) in [6.07, 6.45) is 10.6. The molecule has 1 atom stereocenters. The van der Waals surface area contributed by atoms with E-state index >= 15 is 0 Å². The summed E-state index contributed by atoms with van der Waals surface area (Å²) in [7, 11) is 2.13. The van der Waals surface area contributed by atoms with Crippen LogP contribution in [0.5, 0.6) is 0 Å². The van der Waals surface area contributed by atoms with Gasteiger partial charge in [0.05, 0.1) is 18.2 Å². The first-order valence-electron chi connectivity index (χ1n) is 8.09. The first-order valence-corrected chi connectivity index (χ1v) is 8.91. The topological polar surface area (TPSA) is 39.7 Å². The number of anilines is 1. The molecule has 1 aromatic rings. The van der Waals surface area contributed by atoms with E-state index in [1.165, 1.54) is 15.4 Å². The highest BCUT2D eigenvalue weighted by molar-refractivity contribution is 7.16.